The number of allylic oxidation sites excluding steroid dienone is 1. The number of carbonyl (C=O) groups excluding carboxylic acids is 4. The van der Waals surface area contributed by atoms with E-state index in [1.165, 1.54) is 21.6 Å². The Hall–Kier alpha value is -3.93. The van der Waals surface area contributed by atoms with E-state index < -0.39 is 53.9 Å². The molecule has 17 heteroatoms. The summed E-state index contributed by atoms with van der Waals surface area (Å²) in [4.78, 5) is 59.3. The van der Waals surface area contributed by atoms with Crippen LogP contribution in [0.3, 0.4) is 0 Å². The molecule has 6 atom stereocenters. The minimum atomic E-state index is -1.37. The average Bonchev–Trinajstić information content (AvgIpc) is 3.80. The number of hydrogen-bond acceptors (Lipinski definition) is 10. The van der Waals surface area contributed by atoms with Gasteiger partial charge in [-0.05, 0) is 43.2 Å². The van der Waals surface area contributed by atoms with Crippen molar-refractivity contribution in [3.8, 4) is 11.3 Å². The molecule has 0 saturated carbocycles. The van der Waals surface area contributed by atoms with E-state index >= 15 is 4.39 Å². The number of benzene rings is 1. The standard InChI is InChI=1S/C35H43F3N6O7S/c1-3-9-42-19-26(22-15-21(36)4-5-24(22)37)41-32(42)30(20-6-11-49-12-7-20)44-18-23-25(38)17-40-29(23)31(34(44)47)51-35(48)39-8-13-50-14-10-43-28(45)16-27(52-2)33(43)46/h3-5,15,19-20,23,25,27,29-31,40H,1,6-14,16-18H2,2H3,(H,39,48)/t23?,25?,27?,29?,30?,31-/m0/s1. The highest BCUT2D eigenvalue weighted by Crippen LogP contribution is 2.41. The Labute approximate surface area is 303 Å². The van der Waals surface area contributed by atoms with Gasteiger partial charge in [-0.2, -0.15) is 11.8 Å². The van der Waals surface area contributed by atoms with Crippen molar-refractivity contribution in [3.05, 3.63) is 54.5 Å². The fourth-order valence-corrected chi connectivity index (χ4v) is 8.11. The number of aromatic nitrogens is 2. The fraction of sp³-hybridized carbons (Fsp3) is 0.571. The lowest BCUT2D eigenvalue weighted by atomic mass is 9.84. The molecular formula is C35H43F3N6O7S. The van der Waals surface area contributed by atoms with Crippen LogP contribution in [0.1, 0.15) is 31.1 Å². The number of fused-ring (bicyclic) bond motifs is 1. The van der Waals surface area contributed by atoms with E-state index in [9.17, 15) is 28.0 Å². The molecule has 1 aromatic carbocycles. The lowest BCUT2D eigenvalue weighted by Gasteiger charge is -2.45. The lowest BCUT2D eigenvalue weighted by Crippen LogP contribution is -2.62. The van der Waals surface area contributed by atoms with Gasteiger partial charge in [0.2, 0.25) is 11.8 Å². The molecule has 4 aliphatic heterocycles. The average molecular weight is 749 g/mol. The van der Waals surface area contributed by atoms with Crippen LogP contribution in [0.4, 0.5) is 18.0 Å². The predicted molar refractivity (Wildman–Crippen MR) is 184 cm³/mol. The molecule has 4 amide bonds. The minimum Gasteiger partial charge on any atom is -0.434 e. The zero-order valence-corrected chi connectivity index (χ0v) is 29.6. The Morgan fingerprint density at radius 1 is 1.21 bits per heavy atom. The van der Waals surface area contributed by atoms with Crippen LogP contribution in [0.25, 0.3) is 11.3 Å². The molecule has 52 heavy (non-hydrogen) atoms. The Morgan fingerprint density at radius 3 is 2.73 bits per heavy atom. The highest BCUT2D eigenvalue weighted by Gasteiger charge is 2.54. The Morgan fingerprint density at radius 2 is 2.00 bits per heavy atom. The molecule has 0 radical (unpaired) electrons. The number of alkyl halides is 1. The third-order valence-electron chi connectivity index (χ3n) is 10.1. The number of ether oxygens (including phenoxy) is 3. The summed E-state index contributed by atoms with van der Waals surface area (Å²) in [6, 6.07) is 1.58. The van der Waals surface area contributed by atoms with Gasteiger partial charge >= 0.3 is 6.09 Å². The van der Waals surface area contributed by atoms with Gasteiger partial charge in [-0.15, -0.1) is 6.58 Å². The maximum atomic E-state index is 15.5. The molecule has 2 aromatic rings. The van der Waals surface area contributed by atoms with E-state index in [1.807, 2.05) is 0 Å². The molecule has 5 unspecified atom stereocenters. The zero-order chi connectivity index (χ0) is 36.9. The van der Waals surface area contributed by atoms with E-state index in [0.717, 1.165) is 18.2 Å². The summed E-state index contributed by atoms with van der Waals surface area (Å²) >= 11 is 1.33. The van der Waals surface area contributed by atoms with Crippen molar-refractivity contribution in [2.24, 2.45) is 11.8 Å². The van der Waals surface area contributed by atoms with Gasteiger partial charge in [-0.3, -0.25) is 19.3 Å². The molecule has 6 rings (SSSR count). The number of imidazole rings is 1. The number of piperidine rings is 1. The number of carbonyl (C=O) groups is 4. The first-order valence-electron chi connectivity index (χ1n) is 17.4. The maximum Gasteiger partial charge on any atom is 0.408 e. The largest absolute Gasteiger partial charge is 0.434 e. The summed E-state index contributed by atoms with van der Waals surface area (Å²) in [7, 11) is 0. The second-order valence-corrected chi connectivity index (χ2v) is 14.3. The summed E-state index contributed by atoms with van der Waals surface area (Å²) < 4.78 is 63.2. The molecule has 0 spiro atoms. The normalized spacial score (nSPS) is 25.8. The van der Waals surface area contributed by atoms with E-state index in [2.05, 4.69) is 17.2 Å². The SMILES string of the molecule is C=CCn1cc(-c2cc(F)ccc2F)nc1C(C1CCOCC1)N1CC2C(F)CNC2[C@H](OC(=O)NCCOCCN2C(=O)CC(SC)C2=O)C1=O. The van der Waals surface area contributed by atoms with Gasteiger partial charge < -0.3 is 34.3 Å². The van der Waals surface area contributed by atoms with E-state index in [-0.39, 0.29) is 86.6 Å². The lowest BCUT2D eigenvalue weighted by molar-refractivity contribution is -0.155. The van der Waals surface area contributed by atoms with Crippen molar-refractivity contribution in [2.45, 2.75) is 55.4 Å². The Balaban J connectivity index is 1.18. The molecular weight excluding hydrogens is 705 g/mol. The van der Waals surface area contributed by atoms with Gasteiger partial charge in [0, 0.05) is 63.5 Å². The molecule has 2 N–H and O–H groups in total. The molecule has 13 nitrogen and oxygen atoms in total. The van der Waals surface area contributed by atoms with Gasteiger partial charge in [-0.1, -0.05) is 6.08 Å². The quantitative estimate of drug-likeness (QED) is 0.168. The number of likely N-dealkylation sites (tertiary alicyclic amines) is 2. The first-order valence-corrected chi connectivity index (χ1v) is 18.7. The smallest absolute Gasteiger partial charge is 0.408 e. The van der Waals surface area contributed by atoms with Crippen LogP contribution in [0.2, 0.25) is 0 Å². The van der Waals surface area contributed by atoms with Crippen molar-refractivity contribution in [1.82, 2.24) is 30.0 Å². The molecule has 0 bridgehead atoms. The number of nitrogens with one attached hydrogen (secondary N) is 2. The number of hydrogen-bond donors (Lipinski definition) is 2. The van der Waals surface area contributed by atoms with Crippen LogP contribution in [-0.2, 0) is 35.1 Å². The van der Waals surface area contributed by atoms with Crippen LogP contribution in [-0.4, -0.2) is 126 Å². The fourth-order valence-electron chi connectivity index (χ4n) is 7.47. The monoisotopic (exact) mass is 748 g/mol. The van der Waals surface area contributed by atoms with Crippen LogP contribution in [0.5, 0.6) is 0 Å². The summed E-state index contributed by atoms with van der Waals surface area (Å²) in [6.45, 7) is 5.14. The van der Waals surface area contributed by atoms with Crippen molar-refractivity contribution >= 4 is 35.6 Å². The van der Waals surface area contributed by atoms with E-state index in [1.54, 1.807) is 23.1 Å². The number of imide groups is 1. The van der Waals surface area contributed by atoms with Gasteiger partial charge in [0.05, 0.1) is 42.8 Å². The molecule has 4 fully saturated rings. The van der Waals surface area contributed by atoms with Gasteiger partial charge in [0.25, 0.3) is 5.91 Å². The van der Waals surface area contributed by atoms with Crippen molar-refractivity contribution < 1.29 is 46.6 Å². The van der Waals surface area contributed by atoms with Crippen LogP contribution < -0.4 is 10.6 Å². The first kappa shape index (κ1) is 37.8. The summed E-state index contributed by atoms with van der Waals surface area (Å²) in [5, 5.41) is 5.20. The van der Waals surface area contributed by atoms with E-state index in [4.69, 9.17) is 19.2 Å². The number of amides is 4. The first-order chi connectivity index (χ1) is 25.1. The molecule has 4 aliphatic rings. The highest BCUT2D eigenvalue weighted by molar-refractivity contribution is 8.00. The van der Waals surface area contributed by atoms with Crippen LogP contribution in [0, 0.1) is 23.5 Å². The number of thioether (sulfide) groups is 1. The number of halogens is 3. The van der Waals surface area contributed by atoms with Gasteiger partial charge in [-0.25, -0.2) is 22.9 Å². The topological polar surface area (TPSA) is 144 Å². The zero-order valence-electron chi connectivity index (χ0n) is 28.8. The molecule has 4 saturated heterocycles. The summed E-state index contributed by atoms with van der Waals surface area (Å²) in [6.07, 6.45) is 2.63. The minimum absolute atomic E-state index is 0.00908. The molecule has 0 aliphatic carbocycles. The number of nitrogens with zero attached hydrogens (tertiary/aromatic N) is 4. The second-order valence-electron chi connectivity index (χ2n) is 13.2. The second kappa shape index (κ2) is 16.8. The third kappa shape index (κ3) is 8.01. The van der Waals surface area contributed by atoms with Crippen molar-refractivity contribution in [1.29, 1.82) is 0 Å². The van der Waals surface area contributed by atoms with Crippen LogP contribution in [0.15, 0.2) is 37.1 Å². The van der Waals surface area contributed by atoms with Crippen molar-refractivity contribution in [2.75, 3.05) is 58.9 Å². The number of rotatable bonds is 14. The summed E-state index contributed by atoms with van der Waals surface area (Å²) in [5.74, 6) is -2.84. The Bertz CT molecular complexity index is 1660. The van der Waals surface area contributed by atoms with Gasteiger partial charge in [0.1, 0.15) is 23.6 Å². The van der Waals surface area contributed by atoms with Crippen LogP contribution >= 0.6 is 11.8 Å². The van der Waals surface area contributed by atoms with Crippen molar-refractivity contribution in [3.63, 3.8) is 0 Å². The van der Waals surface area contributed by atoms with E-state index in [0.29, 0.717) is 31.9 Å². The molecule has 1 aromatic heterocycles. The Kier molecular flexibility index (Phi) is 12.2. The number of alkyl carbamates (subject to hydrolysis) is 1. The third-order valence-corrected chi connectivity index (χ3v) is 11.0. The maximum absolute atomic E-state index is 15.5. The molecule has 282 valence electrons. The highest BCUT2D eigenvalue weighted by atomic mass is 32.2. The molecule has 5 heterocycles. The predicted octanol–water partition coefficient (Wildman–Crippen LogP) is 2.85. The summed E-state index contributed by atoms with van der Waals surface area (Å²) in [5.41, 5.74) is 0.115. The van der Waals surface area contributed by atoms with Gasteiger partial charge in [0.15, 0.2) is 6.10 Å².